The molecule has 6 aromatic rings. The van der Waals surface area contributed by atoms with Gasteiger partial charge in [-0.25, -0.2) is 9.97 Å². The molecule has 4 aromatic carbocycles. The molecule has 8 rings (SSSR count). The molecule has 6 nitrogen and oxygen atoms in total. The van der Waals surface area contributed by atoms with Crippen LogP contribution in [-0.2, 0) is 0 Å². The second-order valence-corrected chi connectivity index (χ2v) is 11.0. The number of thiazole rings is 2. The van der Waals surface area contributed by atoms with Crippen LogP contribution >= 0.6 is 22.7 Å². The fraction of sp³-hybridized carbons (Fsp3) is 0.0667. The Morgan fingerprint density at radius 1 is 0.474 bits per heavy atom. The second kappa shape index (κ2) is 8.58. The maximum absolute atomic E-state index is 5.52. The lowest BCUT2D eigenvalue weighted by atomic mass is 10.0. The molecule has 0 saturated heterocycles. The number of benzene rings is 4. The van der Waals surface area contributed by atoms with Crippen LogP contribution in [0, 0.1) is 0 Å². The monoisotopic (exact) mass is 534 g/mol. The molecule has 0 aliphatic carbocycles. The molecule has 0 atom stereocenters. The minimum atomic E-state index is 0.269. The number of nitrogens with zero attached hydrogens (tertiary/aromatic N) is 2. The van der Waals surface area contributed by atoms with Crippen molar-refractivity contribution in [2.75, 3.05) is 13.6 Å². The highest BCUT2D eigenvalue weighted by Gasteiger charge is 2.17. The summed E-state index contributed by atoms with van der Waals surface area (Å²) in [5, 5.41) is 4.28. The summed E-state index contributed by atoms with van der Waals surface area (Å²) in [4.78, 5) is 11.6. The summed E-state index contributed by atoms with van der Waals surface area (Å²) in [6.07, 6.45) is 3.88. The molecule has 0 fully saturated rings. The average molecular weight is 535 g/mol. The molecule has 0 radical (unpaired) electrons. The summed E-state index contributed by atoms with van der Waals surface area (Å²) < 4.78 is 21.9. The predicted octanol–water partition coefficient (Wildman–Crippen LogP) is 7.88. The van der Waals surface area contributed by atoms with Gasteiger partial charge in [-0.2, -0.15) is 0 Å². The maximum Gasteiger partial charge on any atom is 0.231 e. The largest absolute Gasteiger partial charge is 0.454 e. The third kappa shape index (κ3) is 3.69. The van der Waals surface area contributed by atoms with Gasteiger partial charge in [0.25, 0.3) is 0 Å². The smallest absolute Gasteiger partial charge is 0.231 e. The van der Waals surface area contributed by atoms with Crippen molar-refractivity contribution in [1.82, 2.24) is 9.97 Å². The van der Waals surface area contributed by atoms with Crippen molar-refractivity contribution in [3.8, 4) is 65.0 Å². The van der Waals surface area contributed by atoms with Crippen molar-refractivity contribution >= 4 is 33.4 Å². The highest BCUT2D eigenvalue weighted by molar-refractivity contribution is 7.18. The number of rotatable bonds is 4. The fourth-order valence-corrected chi connectivity index (χ4v) is 6.51. The zero-order chi connectivity index (χ0) is 25.1. The molecule has 2 aliphatic heterocycles. The van der Waals surface area contributed by atoms with Gasteiger partial charge in [-0.1, -0.05) is 24.3 Å². The number of ether oxygens (including phenoxy) is 4. The SMILES string of the molecule is c1cc2cc(-c3cnc(-c4ccc5c(c4)OCO5)s3)ccc2cc1-c1cnc(-c2ccc3c(c2)OCO3)s1. The molecule has 0 unspecified atom stereocenters. The summed E-state index contributed by atoms with van der Waals surface area (Å²) in [7, 11) is 0. The number of fused-ring (bicyclic) bond motifs is 3. The van der Waals surface area contributed by atoms with E-state index in [2.05, 4.69) is 46.4 Å². The third-order valence-electron chi connectivity index (χ3n) is 6.66. The number of aromatic nitrogens is 2. The van der Waals surface area contributed by atoms with E-state index in [4.69, 9.17) is 18.9 Å². The lowest BCUT2D eigenvalue weighted by Gasteiger charge is -2.04. The Hall–Kier alpha value is -4.40. The highest BCUT2D eigenvalue weighted by Crippen LogP contribution is 2.41. The molecule has 2 aliphatic rings. The molecular formula is C30H18N2O4S2. The molecule has 38 heavy (non-hydrogen) atoms. The van der Waals surface area contributed by atoms with Gasteiger partial charge in [0.2, 0.25) is 13.6 Å². The summed E-state index contributed by atoms with van der Waals surface area (Å²) in [5.41, 5.74) is 4.36. The molecule has 2 aromatic heterocycles. The lowest BCUT2D eigenvalue weighted by molar-refractivity contribution is 0.173. The van der Waals surface area contributed by atoms with Crippen LogP contribution in [0.2, 0.25) is 0 Å². The summed E-state index contributed by atoms with van der Waals surface area (Å²) >= 11 is 3.34. The first-order valence-corrected chi connectivity index (χ1v) is 13.7. The van der Waals surface area contributed by atoms with Gasteiger partial charge in [-0.15, -0.1) is 22.7 Å². The molecule has 0 amide bonds. The normalized spacial score (nSPS) is 13.4. The Morgan fingerprint density at radius 2 is 0.921 bits per heavy atom. The first-order chi connectivity index (χ1) is 18.8. The lowest BCUT2D eigenvalue weighted by Crippen LogP contribution is -1.92. The van der Waals surface area contributed by atoms with Gasteiger partial charge in [0.1, 0.15) is 10.0 Å². The van der Waals surface area contributed by atoms with E-state index in [9.17, 15) is 0 Å². The van der Waals surface area contributed by atoms with E-state index in [1.165, 1.54) is 10.8 Å². The number of hydrogen-bond acceptors (Lipinski definition) is 8. The molecule has 4 heterocycles. The van der Waals surface area contributed by atoms with E-state index in [1.807, 2.05) is 48.8 Å². The topological polar surface area (TPSA) is 62.7 Å². The Labute approximate surface area is 225 Å². The van der Waals surface area contributed by atoms with E-state index in [1.54, 1.807) is 22.7 Å². The van der Waals surface area contributed by atoms with E-state index in [-0.39, 0.29) is 13.6 Å². The van der Waals surface area contributed by atoms with Crippen molar-refractivity contribution in [3.05, 3.63) is 85.2 Å². The van der Waals surface area contributed by atoms with Crippen LogP contribution < -0.4 is 18.9 Å². The molecular weight excluding hydrogens is 516 g/mol. The van der Waals surface area contributed by atoms with E-state index in [0.29, 0.717) is 0 Å². The van der Waals surface area contributed by atoms with Crippen LogP contribution in [0.15, 0.2) is 85.2 Å². The quantitative estimate of drug-likeness (QED) is 0.229. The molecule has 0 spiro atoms. The summed E-state index contributed by atoms with van der Waals surface area (Å²) in [6.45, 7) is 0.537. The first-order valence-electron chi connectivity index (χ1n) is 12.0. The van der Waals surface area contributed by atoms with Crippen molar-refractivity contribution in [3.63, 3.8) is 0 Å². The van der Waals surface area contributed by atoms with Crippen molar-refractivity contribution in [1.29, 1.82) is 0 Å². The molecule has 0 saturated carbocycles. The second-order valence-electron chi connectivity index (χ2n) is 8.97. The zero-order valence-corrected chi connectivity index (χ0v) is 21.5. The fourth-order valence-electron chi connectivity index (χ4n) is 4.69. The summed E-state index contributed by atoms with van der Waals surface area (Å²) in [5.74, 6) is 3.10. The van der Waals surface area contributed by atoms with Crippen molar-refractivity contribution in [2.24, 2.45) is 0 Å². The molecule has 184 valence electrons. The van der Waals surface area contributed by atoms with E-state index < -0.39 is 0 Å². The van der Waals surface area contributed by atoms with Crippen LogP contribution in [0.25, 0.3) is 52.8 Å². The van der Waals surface area contributed by atoms with Crippen LogP contribution in [0.3, 0.4) is 0 Å². The van der Waals surface area contributed by atoms with Gasteiger partial charge < -0.3 is 18.9 Å². The Bertz CT molecular complexity index is 1720. The van der Waals surface area contributed by atoms with Crippen molar-refractivity contribution in [2.45, 2.75) is 0 Å². The minimum absolute atomic E-state index is 0.269. The van der Waals surface area contributed by atoms with Crippen LogP contribution in [-0.4, -0.2) is 23.6 Å². The third-order valence-corrected chi connectivity index (χ3v) is 8.85. The van der Waals surface area contributed by atoms with Crippen LogP contribution in [0.5, 0.6) is 23.0 Å². The van der Waals surface area contributed by atoms with Crippen LogP contribution in [0.4, 0.5) is 0 Å². The zero-order valence-electron chi connectivity index (χ0n) is 19.8. The van der Waals surface area contributed by atoms with Gasteiger partial charge >= 0.3 is 0 Å². The highest BCUT2D eigenvalue weighted by atomic mass is 32.1. The van der Waals surface area contributed by atoms with E-state index >= 15 is 0 Å². The van der Waals surface area contributed by atoms with Gasteiger partial charge in [-0.3, -0.25) is 0 Å². The Kier molecular flexibility index (Phi) is 4.89. The minimum Gasteiger partial charge on any atom is -0.454 e. The summed E-state index contributed by atoms with van der Waals surface area (Å²) in [6, 6.07) is 25.0. The molecule has 8 heteroatoms. The van der Waals surface area contributed by atoms with Gasteiger partial charge in [0.05, 0.1) is 9.75 Å². The molecule has 0 N–H and O–H groups in total. The first kappa shape index (κ1) is 21.7. The van der Waals surface area contributed by atoms with Gasteiger partial charge in [0.15, 0.2) is 23.0 Å². The van der Waals surface area contributed by atoms with Crippen LogP contribution in [0.1, 0.15) is 0 Å². The average Bonchev–Trinajstić information content (AvgIpc) is 3.78. The number of hydrogen-bond donors (Lipinski definition) is 0. The Balaban J connectivity index is 1.07. The van der Waals surface area contributed by atoms with E-state index in [0.717, 1.165) is 65.0 Å². The maximum atomic E-state index is 5.52. The van der Waals surface area contributed by atoms with Crippen molar-refractivity contribution < 1.29 is 18.9 Å². The molecule has 0 bridgehead atoms. The predicted molar refractivity (Wildman–Crippen MR) is 149 cm³/mol. The van der Waals surface area contributed by atoms with Gasteiger partial charge in [0, 0.05) is 23.5 Å². The Morgan fingerprint density at radius 3 is 1.42 bits per heavy atom. The standard InChI is InChI=1S/C30H18N2O4S2/c1-3-19(27-13-31-29(37-27)21-5-7-23-25(11-21)35-15-33-23)10-18-2-4-20(9-17(1)18)28-14-32-30(38-28)22-6-8-24-26(12-22)36-16-34-24/h1-14H,15-16H2. The van der Waals surface area contributed by atoms with Gasteiger partial charge in [-0.05, 0) is 70.4 Å².